The third-order valence-electron chi connectivity index (χ3n) is 4.62. The summed E-state index contributed by atoms with van der Waals surface area (Å²) in [6.45, 7) is 6.98. The van der Waals surface area contributed by atoms with E-state index >= 15 is 0 Å². The quantitative estimate of drug-likeness (QED) is 0.801. The van der Waals surface area contributed by atoms with Crippen LogP contribution in [-0.4, -0.2) is 47.8 Å². The molecule has 0 saturated carbocycles. The van der Waals surface area contributed by atoms with Gasteiger partial charge >= 0.3 is 0 Å². The van der Waals surface area contributed by atoms with Crippen molar-refractivity contribution in [1.29, 1.82) is 0 Å². The summed E-state index contributed by atoms with van der Waals surface area (Å²) in [5, 5.41) is 0. The van der Waals surface area contributed by atoms with E-state index in [0.29, 0.717) is 19.5 Å². The van der Waals surface area contributed by atoms with Crippen LogP contribution in [0.3, 0.4) is 0 Å². The van der Waals surface area contributed by atoms with Crippen molar-refractivity contribution < 1.29 is 9.59 Å². The van der Waals surface area contributed by atoms with E-state index in [1.165, 1.54) is 18.4 Å². The van der Waals surface area contributed by atoms with Crippen molar-refractivity contribution in [2.45, 2.75) is 52.4 Å². The van der Waals surface area contributed by atoms with Crippen LogP contribution < -0.4 is 0 Å². The van der Waals surface area contributed by atoms with E-state index in [9.17, 15) is 9.59 Å². The van der Waals surface area contributed by atoms with Crippen LogP contribution in [0.25, 0.3) is 0 Å². The van der Waals surface area contributed by atoms with Gasteiger partial charge in [0, 0.05) is 38.2 Å². The molecule has 2 amide bonds. The van der Waals surface area contributed by atoms with Crippen molar-refractivity contribution in [2.75, 3.05) is 26.2 Å². The highest BCUT2D eigenvalue weighted by Gasteiger charge is 2.22. The molecule has 1 saturated heterocycles. The van der Waals surface area contributed by atoms with Gasteiger partial charge in [-0.1, -0.05) is 32.4 Å². The number of rotatable bonds is 6. The Balaban J connectivity index is 1.93. The molecule has 132 valence electrons. The average molecular weight is 330 g/mol. The van der Waals surface area contributed by atoms with E-state index in [1.54, 1.807) is 0 Å². The number of aryl methyl sites for hydroxylation is 1. The second-order valence-electron chi connectivity index (χ2n) is 6.58. The molecule has 4 nitrogen and oxygen atoms in total. The van der Waals surface area contributed by atoms with Gasteiger partial charge in [0.2, 0.25) is 5.91 Å². The molecule has 0 radical (unpaired) electrons. The van der Waals surface area contributed by atoms with Crippen LogP contribution in [0.15, 0.2) is 24.3 Å². The molecule has 0 spiro atoms. The Morgan fingerprint density at radius 1 is 0.917 bits per heavy atom. The molecule has 1 fully saturated rings. The topological polar surface area (TPSA) is 40.6 Å². The molecule has 0 unspecified atom stereocenters. The van der Waals surface area contributed by atoms with Crippen LogP contribution in [0.4, 0.5) is 0 Å². The lowest BCUT2D eigenvalue weighted by atomic mass is 10.1. The molecule has 0 atom stereocenters. The molecule has 0 aliphatic carbocycles. The van der Waals surface area contributed by atoms with Gasteiger partial charge in [-0.3, -0.25) is 9.59 Å². The predicted octanol–water partition coefficient (Wildman–Crippen LogP) is 3.50. The van der Waals surface area contributed by atoms with Gasteiger partial charge < -0.3 is 9.80 Å². The van der Waals surface area contributed by atoms with E-state index in [-0.39, 0.29) is 11.8 Å². The number of unbranched alkanes of at least 4 members (excludes halogenated alkanes) is 1. The van der Waals surface area contributed by atoms with E-state index in [0.717, 1.165) is 37.9 Å². The standard InChI is InChI=1S/C20H30N2O2/c1-3-5-8-17-9-11-18(12-10-17)20(24)22-14-6-13-21(15-16-22)19(23)7-4-2/h9-12H,3-8,13-16H2,1-2H3. The Hall–Kier alpha value is -1.84. The van der Waals surface area contributed by atoms with Gasteiger partial charge in [-0.05, 0) is 43.4 Å². The normalized spacial score (nSPS) is 15.2. The van der Waals surface area contributed by atoms with Gasteiger partial charge in [-0.15, -0.1) is 0 Å². The van der Waals surface area contributed by atoms with Gasteiger partial charge in [-0.2, -0.15) is 0 Å². The van der Waals surface area contributed by atoms with Crippen molar-refractivity contribution in [3.63, 3.8) is 0 Å². The molecule has 1 aromatic carbocycles. The third-order valence-corrected chi connectivity index (χ3v) is 4.62. The molecular formula is C20H30N2O2. The Morgan fingerprint density at radius 3 is 2.25 bits per heavy atom. The Labute approximate surface area is 145 Å². The van der Waals surface area contributed by atoms with E-state index in [2.05, 4.69) is 19.1 Å². The Bertz CT molecular complexity index is 539. The number of hydrogen-bond donors (Lipinski definition) is 0. The average Bonchev–Trinajstić information content (AvgIpc) is 2.86. The number of carbonyl (C=O) groups excluding carboxylic acids is 2. The number of benzene rings is 1. The van der Waals surface area contributed by atoms with Crippen molar-refractivity contribution in [1.82, 2.24) is 9.80 Å². The van der Waals surface area contributed by atoms with Crippen LogP contribution in [0.2, 0.25) is 0 Å². The minimum absolute atomic E-state index is 0.0850. The molecule has 1 aliphatic heterocycles. The fourth-order valence-electron chi connectivity index (χ4n) is 3.12. The third kappa shape index (κ3) is 5.08. The van der Waals surface area contributed by atoms with Crippen molar-refractivity contribution >= 4 is 11.8 Å². The maximum Gasteiger partial charge on any atom is 0.253 e. The SMILES string of the molecule is CCCCc1ccc(C(=O)N2CCCN(C(=O)CCC)CC2)cc1. The summed E-state index contributed by atoms with van der Waals surface area (Å²) in [7, 11) is 0. The zero-order chi connectivity index (χ0) is 17.4. The lowest BCUT2D eigenvalue weighted by molar-refractivity contribution is -0.131. The minimum atomic E-state index is 0.0850. The Morgan fingerprint density at radius 2 is 1.58 bits per heavy atom. The first kappa shape index (κ1) is 18.5. The van der Waals surface area contributed by atoms with Gasteiger partial charge in [-0.25, -0.2) is 0 Å². The van der Waals surface area contributed by atoms with E-state index in [1.807, 2.05) is 28.9 Å². The molecule has 0 bridgehead atoms. The summed E-state index contributed by atoms with van der Waals surface area (Å²) < 4.78 is 0. The summed E-state index contributed by atoms with van der Waals surface area (Å²) in [4.78, 5) is 28.5. The summed E-state index contributed by atoms with van der Waals surface area (Å²) >= 11 is 0. The van der Waals surface area contributed by atoms with Crippen LogP contribution in [0.1, 0.15) is 61.9 Å². The first-order valence-corrected chi connectivity index (χ1v) is 9.31. The molecule has 0 N–H and O–H groups in total. The molecule has 2 rings (SSSR count). The van der Waals surface area contributed by atoms with Crippen molar-refractivity contribution in [2.24, 2.45) is 0 Å². The second kappa shape index (κ2) is 9.45. The zero-order valence-electron chi connectivity index (χ0n) is 15.1. The summed E-state index contributed by atoms with van der Waals surface area (Å²) in [6, 6.07) is 8.02. The monoisotopic (exact) mass is 330 g/mol. The van der Waals surface area contributed by atoms with Crippen LogP contribution >= 0.6 is 0 Å². The van der Waals surface area contributed by atoms with E-state index in [4.69, 9.17) is 0 Å². The van der Waals surface area contributed by atoms with Crippen LogP contribution in [-0.2, 0) is 11.2 Å². The van der Waals surface area contributed by atoms with Gasteiger partial charge in [0.25, 0.3) is 5.91 Å². The highest BCUT2D eigenvalue weighted by Crippen LogP contribution is 2.13. The molecular weight excluding hydrogens is 300 g/mol. The molecule has 4 heteroatoms. The maximum atomic E-state index is 12.7. The molecule has 24 heavy (non-hydrogen) atoms. The highest BCUT2D eigenvalue weighted by molar-refractivity contribution is 5.94. The molecule has 1 heterocycles. The summed E-state index contributed by atoms with van der Waals surface area (Å²) in [6.07, 6.45) is 5.78. The zero-order valence-corrected chi connectivity index (χ0v) is 15.1. The number of carbonyl (C=O) groups is 2. The first-order chi connectivity index (χ1) is 11.7. The molecule has 1 aromatic rings. The predicted molar refractivity (Wildman–Crippen MR) is 97.1 cm³/mol. The smallest absolute Gasteiger partial charge is 0.253 e. The second-order valence-corrected chi connectivity index (χ2v) is 6.58. The maximum absolute atomic E-state index is 12.7. The fraction of sp³-hybridized carbons (Fsp3) is 0.600. The minimum Gasteiger partial charge on any atom is -0.341 e. The van der Waals surface area contributed by atoms with Gasteiger partial charge in [0.15, 0.2) is 0 Å². The number of nitrogens with zero attached hydrogens (tertiary/aromatic N) is 2. The largest absolute Gasteiger partial charge is 0.341 e. The number of hydrogen-bond acceptors (Lipinski definition) is 2. The van der Waals surface area contributed by atoms with Gasteiger partial charge in [0.05, 0.1) is 0 Å². The summed E-state index contributed by atoms with van der Waals surface area (Å²) in [5.74, 6) is 0.300. The lowest BCUT2D eigenvalue weighted by Gasteiger charge is -2.22. The summed E-state index contributed by atoms with van der Waals surface area (Å²) in [5.41, 5.74) is 2.05. The lowest BCUT2D eigenvalue weighted by Crippen LogP contribution is -2.37. The molecule has 0 aromatic heterocycles. The van der Waals surface area contributed by atoms with E-state index < -0.39 is 0 Å². The Kier molecular flexibility index (Phi) is 7.29. The van der Waals surface area contributed by atoms with Crippen LogP contribution in [0.5, 0.6) is 0 Å². The van der Waals surface area contributed by atoms with Crippen molar-refractivity contribution in [3.05, 3.63) is 35.4 Å². The van der Waals surface area contributed by atoms with Crippen molar-refractivity contribution in [3.8, 4) is 0 Å². The highest BCUT2D eigenvalue weighted by atomic mass is 16.2. The number of amides is 2. The first-order valence-electron chi connectivity index (χ1n) is 9.31. The molecule has 1 aliphatic rings. The van der Waals surface area contributed by atoms with Crippen LogP contribution in [0, 0.1) is 0 Å². The van der Waals surface area contributed by atoms with Gasteiger partial charge in [0.1, 0.15) is 0 Å². The fourth-order valence-corrected chi connectivity index (χ4v) is 3.12.